The van der Waals surface area contributed by atoms with Crippen LogP contribution in [0, 0.1) is 6.92 Å². The van der Waals surface area contributed by atoms with Gasteiger partial charge in [-0.3, -0.25) is 4.18 Å². The molecular weight excluding hydrogens is 318 g/mol. The fraction of sp³-hybridized carbons (Fsp3) is 0.438. The Morgan fingerprint density at radius 3 is 2.35 bits per heavy atom. The van der Waals surface area contributed by atoms with E-state index >= 15 is 0 Å². The normalized spacial score (nSPS) is 13.2. The van der Waals surface area contributed by atoms with Gasteiger partial charge in [-0.15, -0.1) is 6.58 Å². The standard InChI is InChI=1S/C16H23NO5S/c1-6-13(17-15(18)22-16(3,4)5)11-21-23(19,20)14-9-7-12(2)8-10-14/h6-10,13H,1,11H2,2-5H3,(H,17,18)/t13-/m0/s1. The molecule has 0 bridgehead atoms. The first kappa shape index (κ1) is 19.2. The summed E-state index contributed by atoms with van der Waals surface area (Å²) < 4.78 is 34.2. The number of alkyl carbamates (subject to hydrolysis) is 1. The molecule has 23 heavy (non-hydrogen) atoms. The van der Waals surface area contributed by atoms with E-state index in [2.05, 4.69) is 11.9 Å². The number of ether oxygens (including phenoxy) is 1. The van der Waals surface area contributed by atoms with E-state index in [1.54, 1.807) is 32.9 Å². The van der Waals surface area contributed by atoms with Gasteiger partial charge in [-0.2, -0.15) is 8.42 Å². The fourth-order valence-corrected chi connectivity index (χ4v) is 2.49. The van der Waals surface area contributed by atoms with Crippen LogP contribution in [0.2, 0.25) is 0 Å². The Hall–Kier alpha value is -1.86. The van der Waals surface area contributed by atoms with Crippen molar-refractivity contribution in [1.82, 2.24) is 5.32 Å². The van der Waals surface area contributed by atoms with Crippen LogP contribution in [0.5, 0.6) is 0 Å². The average Bonchev–Trinajstić information content (AvgIpc) is 2.42. The molecule has 6 nitrogen and oxygen atoms in total. The number of hydrogen-bond acceptors (Lipinski definition) is 5. The molecule has 0 saturated carbocycles. The van der Waals surface area contributed by atoms with E-state index < -0.39 is 27.9 Å². The Labute approximate surface area is 137 Å². The van der Waals surface area contributed by atoms with E-state index in [9.17, 15) is 13.2 Å². The first-order valence-corrected chi connectivity index (χ1v) is 8.52. The minimum Gasteiger partial charge on any atom is -0.444 e. The lowest BCUT2D eigenvalue weighted by molar-refractivity contribution is 0.0502. The summed E-state index contributed by atoms with van der Waals surface area (Å²) in [4.78, 5) is 11.7. The van der Waals surface area contributed by atoms with E-state index in [4.69, 9.17) is 8.92 Å². The highest BCUT2D eigenvalue weighted by molar-refractivity contribution is 7.86. The van der Waals surface area contributed by atoms with Gasteiger partial charge in [-0.25, -0.2) is 4.79 Å². The minimum atomic E-state index is -3.89. The highest BCUT2D eigenvalue weighted by atomic mass is 32.2. The summed E-state index contributed by atoms with van der Waals surface area (Å²) >= 11 is 0. The zero-order valence-corrected chi connectivity index (χ0v) is 14.6. The molecule has 128 valence electrons. The van der Waals surface area contributed by atoms with Crippen molar-refractivity contribution >= 4 is 16.2 Å². The van der Waals surface area contributed by atoms with Gasteiger partial charge in [0.1, 0.15) is 5.60 Å². The van der Waals surface area contributed by atoms with E-state index in [1.165, 1.54) is 18.2 Å². The molecule has 0 heterocycles. The van der Waals surface area contributed by atoms with Crippen molar-refractivity contribution in [1.29, 1.82) is 0 Å². The van der Waals surface area contributed by atoms with Crippen LogP contribution in [0.15, 0.2) is 41.8 Å². The topological polar surface area (TPSA) is 81.7 Å². The summed E-state index contributed by atoms with van der Waals surface area (Å²) in [6, 6.07) is 5.61. The van der Waals surface area contributed by atoms with Gasteiger partial charge in [0.15, 0.2) is 0 Å². The molecule has 1 aromatic rings. The molecular formula is C16H23NO5S. The summed E-state index contributed by atoms with van der Waals surface area (Å²) in [7, 11) is -3.89. The van der Waals surface area contributed by atoms with Gasteiger partial charge in [0.05, 0.1) is 17.5 Å². The number of carbonyl (C=O) groups is 1. The van der Waals surface area contributed by atoms with Crippen molar-refractivity contribution in [2.75, 3.05) is 6.61 Å². The van der Waals surface area contributed by atoms with Crippen molar-refractivity contribution in [3.63, 3.8) is 0 Å². The largest absolute Gasteiger partial charge is 0.444 e. The maximum Gasteiger partial charge on any atom is 0.408 e. The Kier molecular flexibility index (Phi) is 6.35. The zero-order valence-electron chi connectivity index (χ0n) is 13.8. The van der Waals surface area contributed by atoms with Crippen molar-refractivity contribution in [3.8, 4) is 0 Å². The van der Waals surface area contributed by atoms with E-state index in [-0.39, 0.29) is 11.5 Å². The molecule has 1 aromatic carbocycles. The molecule has 0 aliphatic carbocycles. The lowest BCUT2D eigenvalue weighted by Gasteiger charge is -2.22. The molecule has 1 atom stereocenters. The third-order valence-corrected chi connectivity index (χ3v) is 3.99. The van der Waals surface area contributed by atoms with Gasteiger partial charge in [0.2, 0.25) is 0 Å². The minimum absolute atomic E-state index is 0.0585. The summed E-state index contributed by atoms with van der Waals surface area (Å²) in [5, 5.41) is 2.49. The van der Waals surface area contributed by atoms with Crippen LogP contribution in [0.1, 0.15) is 26.3 Å². The number of rotatable bonds is 6. The molecule has 0 aliphatic heterocycles. The molecule has 0 fully saturated rings. The quantitative estimate of drug-likeness (QED) is 0.635. The molecule has 0 saturated heterocycles. The number of nitrogens with one attached hydrogen (secondary N) is 1. The molecule has 1 rings (SSSR count). The summed E-state index contributed by atoms with van der Waals surface area (Å²) in [5.41, 5.74) is 0.296. The van der Waals surface area contributed by atoms with Gasteiger partial charge >= 0.3 is 6.09 Å². The predicted octanol–water partition coefficient (Wildman–Crippen LogP) is 2.78. The Morgan fingerprint density at radius 1 is 1.30 bits per heavy atom. The third-order valence-electron chi connectivity index (χ3n) is 2.70. The van der Waals surface area contributed by atoms with Crippen LogP contribution in [0.3, 0.4) is 0 Å². The third kappa shape index (κ3) is 6.83. The van der Waals surface area contributed by atoms with Crippen LogP contribution in [-0.4, -0.2) is 32.8 Å². The van der Waals surface area contributed by atoms with Crippen LogP contribution in [0.25, 0.3) is 0 Å². The van der Waals surface area contributed by atoms with E-state index in [0.717, 1.165) is 5.56 Å². The molecule has 0 unspecified atom stereocenters. The molecule has 0 radical (unpaired) electrons. The molecule has 0 spiro atoms. The lowest BCUT2D eigenvalue weighted by Crippen LogP contribution is -2.40. The second-order valence-corrected chi connectivity index (χ2v) is 7.66. The monoisotopic (exact) mass is 341 g/mol. The second-order valence-electron chi connectivity index (χ2n) is 6.04. The van der Waals surface area contributed by atoms with Crippen molar-refractivity contribution in [2.45, 2.75) is 44.2 Å². The van der Waals surface area contributed by atoms with Crippen molar-refractivity contribution in [3.05, 3.63) is 42.5 Å². The van der Waals surface area contributed by atoms with E-state index in [1.807, 2.05) is 6.92 Å². The van der Waals surface area contributed by atoms with E-state index in [0.29, 0.717) is 0 Å². The van der Waals surface area contributed by atoms with Crippen molar-refractivity contribution < 1.29 is 22.1 Å². The van der Waals surface area contributed by atoms with Gasteiger partial charge in [0.25, 0.3) is 10.1 Å². The van der Waals surface area contributed by atoms with Gasteiger partial charge in [0, 0.05) is 0 Å². The maximum absolute atomic E-state index is 12.1. The summed E-state index contributed by atoms with van der Waals surface area (Å²) in [6.07, 6.45) is 0.716. The second kappa shape index (κ2) is 7.61. The van der Waals surface area contributed by atoms with Gasteiger partial charge in [-0.05, 0) is 39.8 Å². The predicted molar refractivity (Wildman–Crippen MR) is 87.7 cm³/mol. The molecule has 0 aliphatic rings. The molecule has 0 aromatic heterocycles. The van der Waals surface area contributed by atoms with Crippen LogP contribution < -0.4 is 5.32 Å². The summed E-state index contributed by atoms with van der Waals surface area (Å²) in [6.45, 7) is 10.3. The number of benzene rings is 1. The van der Waals surface area contributed by atoms with Gasteiger partial charge < -0.3 is 10.1 Å². The molecule has 7 heteroatoms. The smallest absolute Gasteiger partial charge is 0.408 e. The fourth-order valence-electron chi connectivity index (χ4n) is 1.56. The first-order valence-electron chi connectivity index (χ1n) is 7.12. The Bertz CT molecular complexity index is 644. The summed E-state index contributed by atoms with van der Waals surface area (Å²) in [5.74, 6) is 0. The van der Waals surface area contributed by atoms with Crippen molar-refractivity contribution in [2.24, 2.45) is 0 Å². The Balaban J connectivity index is 2.65. The number of amides is 1. The van der Waals surface area contributed by atoms with Crippen LogP contribution in [-0.2, 0) is 19.0 Å². The Morgan fingerprint density at radius 2 is 1.87 bits per heavy atom. The lowest BCUT2D eigenvalue weighted by atomic mass is 10.2. The SMILES string of the molecule is C=C[C@@H](COS(=O)(=O)c1ccc(C)cc1)NC(=O)OC(C)(C)C. The first-order chi connectivity index (χ1) is 10.5. The van der Waals surface area contributed by atoms with Gasteiger partial charge in [-0.1, -0.05) is 23.8 Å². The highest BCUT2D eigenvalue weighted by Gasteiger charge is 2.21. The zero-order chi connectivity index (χ0) is 17.7. The molecule has 1 amide bonds. The number of carbonyl (C=O) groups excluding carboxylic acids is 1. The maximum atomic E-state index is 12.1. The van der Waals surface area contributed by atoms with Crippen LogP contribution >= 0.6 is 0 Å². The molecule has 1 N–H and O–H groups in total. The highest BCUT2D eigenvalue weighted by Crippen LogP contribution is 2.14. The number of aryl methyl sites for hydroxylation is 1. The number of hydrogen-bond donors (Lipinski definition) is 1. The average molecular weight is 341 g/mol. The van der Waals surface area contributed by atoms with Crippen LogP contribution in [0.4, 0.5) is 4.79 Å².